The number of nitrogens with one attached hydrogen (secondary N) is 1. The van der Waals surface area contributed by atoms with Crippen molar-refractivity contribution in [1.82, 2.24) is 10.2 Å². The van der Waals surface area contributed by atoms with Crippen LogP contribution in [0.2, 0.25) is 0 Å². The highest BCUT2D eigenvalue weighted by Gasteiger charge is 2.20. The fraction of sp³-hybridized carbons (Fsp3) is 0.562. The summed E-state index contributed by atoms with van der Waals surface area (Å²) < 4.78 is 0. The Kier molecular flexibility index (Phi) is 4.21. The molecule has 2 saturated heterocycles. The zero-order valence-electron chi connectivity index (χ0n) is 12.0. The molecular weight excluding hydrogens is 250 g/mol. The molecule has 2 aliphatic rings. The van der Waals surface area contributed by atoms with Gasteiger partial charge in [-0.2, -0.15) is 0 Å². The molecule has 1 N–H and O–H groups in total. The number of nitrogens with zero attached hydrogens (tertiary/aromatic N) is 2. The first-order chi connectivity index (χ1) is 9.84. The molecule has 0 unspecified atom stereocenters. The second kappa shape index (κ2) is 6.27. The number of hydrogen-bond acceptors (Lipinski definition) is 3. The van der Waals surface area contributed by atoms with Gasteiger partial charge in [-0.3, -0.25) is 4.79 Å². The summed E-state index contributed by atoms with van der Waals surface area (Å²) in [5.74, 6) is 0.282. The van der Waals surface area contributed by atoms with Crippen molar-refractivity contribution in [3.05, 3.63) is 29.8 Å². The van der Waals surface area contributed by atoms with Crippen molar-refractivity contribution in [2.24, 2.45) is 0 Å². The van der Waals surface area contributed by atoms with Crippen LogP contribution in [-0.2, 0) is 11.2 Å². The maximum Gasteiger partial charge on any atom is 0.227 e. The highest BCUT2D eigenvalue weighted by Crippen LogP contribution is 2.22. The Morgan fingerprint density at radius 2 is 1.75 bits per heavy atom. The highest BCUT2D eigenvalue weighted by atomic mass is 16.2. The summed E-state index contributed by atoms with van der Waals surface area (Å²) in [6, 6.07) is 8.36. The number of carbonyl (C=O) groups excluding carboxylic acids is 1. The normalized spacial score (nSPS) is 19.4. The third-order valence-electron chi connectivity index (χ3n) is 4.25. The third kappa shape index (κ3) is 2.96. The van der Waals surface area contributed by atoms with E-state index >= 15 is 0 Å². The molecule has 0 saturated carbocycles. The number of rotatable bonds is 3. The predicted octanol–water partition coefficient (Wildman–Crippen LogP) is 1.26. The first-order valence-electron chi connectivity index (χ1n) is 7.66. The molecule has 1 aromatic carbocycles. The van der Waals surface area contributed by atoms with Crippen LogP contribution in [0.1, 0.15) is 18.4 Å². The molecule has 0 bridgehead atoms. The van der Waals surface area contributed by atoms with E-state index in [9.17, 15) is 4.79 Å². The lowest BCUT2D eigenvalue weighted by atomic mass is 10.1. The Balaban J connectivity index is 1.73. The van der Waals surface area contributed by atoms with Crippen molar-refractivity contribution < 1.29 is 4.79 Å². The van der Waals surface area contributed by atoms with Gasteiger partial charge < -0.3 is 15.1 Å². The van der Waals surface area contributed by atoms with Gasteiger partial charge in [0.2, 0.25) is 5.91 Å². The van der Waals surface area contributed by atoms with Gasteiger partial charge in [-0.05, 0) is 24.5 Å². The topological polar surface area (TPSA) is 35.6 Å². The van der Waals surface area contributed by atoms with Crippen molar-refractivity contribution in [2.75, 3.05) is 44.2 Å². The van der Waals surface area contributed by atoms with Gasteiger partial charge in [-0.15, -0.1) is 0 Å². The lowest BCUT2D eigenvalue weighted by Gasteiger charge is -2.31. The molecule has 3 rings (SSSR count). The van der Waals surface area contributed by atoms with Crippen LogP contribution in [-0.4, -0.2) is 50.1 Å². The number of anilines is 1. The number of piperazine rings is 1. The maximum absolute atomic E-state index is 12.3. The van der Waals surface area contributed by atoms with E-state index in [-0.39, 0.29) is 5.91 Å². The van der Waals surface area contributed by atoms with Crippen molar-refractivity contribution in [2.45, 2.75) is 19.3 Å². The minimum Gasteiger partial charge on any atom is -0.369 e. The van der Waals surface area contributed by atoms with Gasteiger partial charge in [0.05, 0.1) is 6.42 Å². The minimum absolute atomic E-state index is 0.282. The Morgan fingerprint density at radius 1 is 1.05 bits per heavy atom. The maximum atomic E-state index is 12.3. The molecule has 20 heavy (non-hydrogen) atoms. The largest absolute Gasteiger partial charge is 0.369 e. The van der Waals surface area contributed by atoms with Gasteiger partial charge >= 0.3 is 0 Å². The van der Waals surface area contributed by atoms with Crippen molar-refractivity contribution >= 4 is 11.6 Å². The molecule has 108 valence electrons. The summed E-state index contributed by atoms with van der Waals surface area (Å²) >= 11 is 0. The number of hydrogen-bond donors (Lipinski definition) is 1. The quantitative estimate of drug-likeness (QED) is 0.900. The smallest absolute Gasteiger partial charge is 0.227 e. The first-order valence-corrected chi connectivity index (χ1v) is 7.66. The summed E-state index contributed by atoms with van der Waals surface area (Å²) in [6.07, 6.45) is 2.86. The van der Waals surface area contributed by atoms with Gasteiger partial charge in [0.15, 0.2) is 0 Å². The molecule has 4 nitrogen and oxygen atoms in total. The molecule has 4 heteroatoms. The number of carbonyl (C=O) groups is 1. The van der Waals surface area contributed by atoms with Crippen LogP contribution in [0.25, 0.3) is 0 Å². The summed E-state index contributed by atoms with van der Waals surface area (Å²) in [7, 11) is 0. The third-order valence-corrected chi connectivity index (χ3v) is 4.25. The van der Waals surface area contributed by atoms with E-state index in [1.807, 2.05) is 11.0 Å². The number of amides is 1. The molecule has 0 aliphatic carbocycles. The van der Waals surface area contributed by atoms with Gasteiger partial charge in [0.1, 0.15) is 0 Å². The molecule has 1 amide bonds. The Hall–Kier alpha value is -1.55. The van der Waals surface area contributed by atoms with E-state index < -0.39 is 0 Å². The Labute approximate surface area is 120 Å². The molecule has 0 spiro atoms. The average molecular weight is 273 g/mol. The van der Waals surface area contributed by atoms with Crippen LogP contribution in [0.5, 0.6) is 0 Å². The Morgan fingerprint density at radius 3 is 2.50 bits per heavy atom. The standard InChI is InChI=1S/C16H23N3O/c20-16(19-9-3-4-10-19)13-14-5-1-2-6-15(14)18-11-7-17-8-12-18/h1-2,5-6,17H,3-4,7-13H2. The monoisotopic (exact) mass is 273 g/mol. The number of benzene rings is 1. The molecule has 2 aliphatic heterocycles. The van der Waals surface area contributed by atoms with Crippen LogP contribution >= 0.6 is 0 Å². The van der Waals surface area contributed by atoms with Gasteiger partial charge in [0, 0.05) is 45.0 Å². The molecule has 1 aromatic rings. The molecule has 2 fully saturated rings. The summed E-state index contributed by atoms with van der Waals surface area (Å²) in [6.45, 7) is 5.97. The fourth-order valence-corrected chi connectivity index (χ4v) is 3.12. The van der Waals surface area contributed by atoms with Crippen LogP contribution in [0.3, 0.4) is 0 Å². The average Bonchev–Trinajstić information content (AvgIpc) is 3.03. The molecular formula is C16H23N3O. The van der Waals surface area contributed by atoms with E-state index in [2.05, 4.69) is 28.4 Å². The number of para-hydroxylation sites is 1. The summed E-state index contributed by atoms with van der Waals surface area (Å²) in [4.78, 5) is 16.7. The predicted molar refractivity (Wildman–Crippen MR) is 81.0 cm³/mol. The van der Waals surface area contributed by atoms with E-state index in [1.165, 1.54) is 11.3 Å². The van der Waals surface area contributed by atoms with Gasteiger partial charge in [-0.1, -0.05) is 18.2 Å². The zero-order valence-corrected chi connectivity index (χ0v) is 12.0. The van der Waals surface area contributed by atoms with E-state index in [1.54, 1.807) is 0 Å². The van der Waals surface area contributed by atoms with Crippen molar-refractivity contribution in [3.63, 3.8) is 0 Å². The van der Waals surface area contributed by atoms with Gasteiger partial charge in [-0.25, -0.2) is 0 Å². The summed E-state index contributed by atoms with van der Waals surface area (Å²) in [5, 5.41) is 3.37. The zero-order chi connectivity index (χ0) is 13.8. The van der Waals surface area contributed by atoms with E-state index in [0.29, 0.717) is 6.42 Å². The SMILES string of the molecule is O=C(Cc1ccccc1N1CCNCC1)N1CCCC1. The second-order valence-corrected chi connectivity index (χ2v) is 5.63. The fourth-order valence-electron chi connectivity index (χ4n) is 3.12. The second-order valence-electron chi connectivity index (χ2n) is 5.63. The van der Waals surface area contributed by atoms with Crippen LogP contribution in [0.15, 0.2) is 24.3 Å². The lowest BCUT2D eigenvalue weighted by Crippen LogP contribution is -2.44. The van der Waals surface area contributed by atoms with Crippen molar-refractivity contribution in [3.8, 4) is 0 Å². The van der Waals surface area contributed by atoms with Crippen molar-refractivity contribution in [1.29, 1.82) is 0 Å². The minimum atomic E-state index is 0.282. The van der Waals surface area contributed by atoms with Gasteiger partial charge in [0.25, 0.3) is 0 Å². The Bertz CT molecular complexity index is 463. The molecule has 0 aromatic heterocycles. The summed E-state index contributed by atoms with van der Waals surface area (Å²) in [5.41, 5.74) is 2.41. The number of likely N-dealkylation sites (tertiary alicyclic amines) is 1. The highest BCUT2D eigenvalue weighted by molar-refractivity contribution is 5.81. The molecule has 0 radical (unpaired) electrons. The first kappa shape index (κ1) is 13.4. The molecule has 2 heterocycles. The van der Waals surface area contributed by atoms with E-state index in [4.69, 9.17) is 0 Å². The lowest BCUT2D eigenvalue weighted by molar-refractivity contribution is -0.129. The van der Waals surface area contributed by atoms with Crippen LogP contribution < -0.4 is 10.2 Å². The molecule has 0 atom stereocenters. The van der Waals surface area contributed by atoms with Crippen LogP contribution in [0, 0.1) is 0 Å². The van der Waals surface area contributed by atoms with E-state index in [0.717, 1.165) is 52.1 Å². The van der Waals surface area contributed by atoms with Crippen LogP contribution in [0.4, 0.5) is 5.69 Å².